The van der Waals surface area contributed by atoms with E-state index in [0.717, 1.165) is 18.5 Å². The monoisotopic (exact) mass is 219 g/mol. The molecule has 86 valence electrons. The number of aliphatic hydroxyl groups is 1. The lowest BCUT2D eigenvalue weighted by Crippen LogP contribution is -2.50. The minimum absolute atomic E-state index is 0.0840. The minimum Gasteiger partial charge on any atom is -0.385 e. The van der Waals surface area contributed by atoms with Crippen LogP contribution < -0.4 is 5.32 Å². The van der Waals surface area contributed by atoms with Gasteiger partial charge in [0.2, 0.25) is 0 Å². The number of hydrogen-bond acceptors (Lipinski definition) is 3. The molecule has 2 aliphatic rings. The highest BCUT2D eigenvalue weighted by Crippen LogP contribution is 2.37. The van der Waals surface area contributed by atoms with Crippen molar-refractivity contribution in [2.75, 3.05) is 11.9 Å². The van der Waals surface area contributed by atoms with Crippen molar-refractivity contribution >= 4 is 5.69 Å². The van der Waals surface area contributed by atoms with Crippen LogP contribution in [0.4, 0.5) is 5.69 Å². The van der Waals surface area contributed by atoms with Gasteiger partial charge < -0.3 is 15.2 Å². The van der Waals surface area contributed by atoms with Crippen LogP contribution >= 0.6 is 0 Å². The summed E-state index contributed by atoms with van der Waals surface area (Å²) in [5.74, 6) is 0. The number of para-hydroxylation sites is 1. The van der Waals surface area contributed by atoms with Crippen molar-refractivity contribution in [1.82, 2.24) is 0 Å². The Labute approximate surface area is 95.4 Å². The fourth-order valence-electron chi connectivity index (χ4n) is 2.80. The standard InChI is InChI=1S/C13H17NO2/c1-9-13(15,6-7-16-9)12-8-10-4-2-3-5-11(10)14-12/h2-5,9,12,14-15H,6-8H2,1H3. The lowest BCUT2D eigenvalue weighted by molar-refractivity contribution is -0.0389. The van der Waals surface area contributed by atoms with Gasteiger partial charge in [-0.25, -0.2) is 0 Å². The Kier molecular flexibility index (Phi) is 2.19. The molecule has 3 atom stereocenters. The normalized spacial score (nSPS) is 37.1. The second-order valence-electron chi connectivity index (χ2n) is 4.81. The van der Waals surface area contributed by atoms with E-state index in [4.69, 9.17) is 4.74 Å². The molecule has 3 rings (SSSR count). The molecule has 0 radical (unpaired) electrons. The van der Waals surface area contributed by atoms with Gasteiger partial charge in [-0.1, -0.05) is 18.2 Å². The minimum atomic E-state index is -0.723. The van der Waals surface area contributed by atoms with Gasteiger partial charge in [0, 0.05) is 18.7 Å². The zero-order chi connectivity index (χ0) is 11.2. The highest BCUT2D eigenvalue weighted by atomic mass is 16.5. The van der Waals surface area contributed by atoms with Crippen molar-refractivity contribution in [1.29, 1.82) is 0 Å². The first kappa shape index (κ1) is 10.1. The van der Waals surface area contributed by atoms with Crippen molar-refractivity contribution in [3.8, 4) is 0 Å². The molecule has 0 aromatic heterocycles. The molecule has 16 heavy (non-hydrogen) atoms. The summed E-state index contributed by atoms with van der Waals surface area (Å²) in [7, 11) is 0. The van der Waals surface area contributed by atoms with E-state index in [1.807, 2.05) is 19.1 Å². The van der Waals surface area contributed by atoms with E-state index in [0.29, 0.717) is 6.61 Å². The van der Waals surface area contributed by atoms with Gasteiger partial charge in [-0.2, -0.15) is 0 Å². The molecule has 3 nitrogen and oxygen atoms in total. The number of fused-ring (bicyclic) bond motifs is 1. The average molecular weight is 219 g/mol. The highest BCUT2D eigenvalue weighted by Gasteiger charge is 2.48. The molecule has 1 aromatic rings. The number of benzene rings is 1. The summed E-state index contributed by atoms with van der Waals surface area (Å²) in [4.78, 5) is 0. The molecular weight excluding hydrogens is 202 g/mol. The first-order valence-electron chi connectivity index (χ1n) is 5.88. The average Bonchev–Trinajstić information content (AvgIpc) is 2.84. The topological polar surface area (TPSA) is 41.5 Å². The van der Waals surface area contributed by atoms with E-state index < -0.39 is 5.60 Å². The van der Waals surface area contributed by atoms with E-state index in [1.54, 1.807) is 0 Å². The lowest BCUT2D eigenvalue weighted by atomic mass is 9.86. The van der Waals surface area contributed by atoms with Crippen LogP contribution in [-0.4, -0.2) is 29.5 Å². The summed E-state index contributed by atoms with van der Waals surface area (Å²) < 4.78 is 5.49. The van der Waals surface area contributed by atoms with Crippen molar-refractivity contribution < 1.29 is 9.84 Å². The molecular formula is C13H17NO2. The Bertz CT molecular complexity index is 382. The van der Waals surface area contributed by atoms with Crippen molar-refractivity contribution in [3.05, 3.63) is 29.8 Å². The van der Waals surface area contributed by atoms with Gasteiger partial charge in [0.1, 0.15) is 5.60 Å². The number of nitrogens with one attached hydrogen (secondary N) is 1. The van der Waals surface area contributed by atoms with Crippen LogP contribution in [0.25, 0.3) is 0 Å². The summed E-state index contributed by atoms with van der Waals surface area (Å²) in [6.45, 7) is 2.61. The van der Waals surface area contributed by atoms with Gasteiger partial charge in [-0.15, -0.1) is 0 Å². The Morgan fingerprint density at radius 3 is 2.94 bits per heavy atom. The lowest BCUT2D eigenvalue weighted by Gasteiger charge is -2.32. The van der Waals surface area contributed by atoms with Crippen LogP contribution in [0, 0.1) is 0 Å². The smallest absolute Gasteiger partial charge is 0.113 e. The van der Waals surface area contributed by atoms with Gasteiger partial charge in [0.25, 0.3) is 0 Å². The number of ether oxygens (including phenoxy) is 1. The maximum absolute atomic E-state index is 10.6. The molecule has 0 aliphatic carbocycles. The summed E-state index contributed by atoms with van der Waals surface area (Å²) in [5.41, 5.74) is 1.72. The second-order valence-corrected chi connectivity index (χ2v) is 4.81. The van der Waals surface area contributed by atoms with E-state index >= 15 is 0 Å². The maximum atomic E-state index is 10.6. The highest BCUT2D eigenvalue weighted by molar-refractivity contribution is 5.57. The van der Waals surface area contributed by atoms with Gasteiger partial charge >= 0.3 is 0 Å². The first-order valence-corrected chi connectivity index (χ1v) is 5.88. The molecule has 2 N–H and O–H groups in total. The van der Waals surface area contributed by atoms with Crippen LogP contribution in [0.5, 0.6) is 0 Å². The molecule has 1 fully saturated rings. The van der Waals surface area contributed by atoms with Gasteiger partial charge in [0.05, 0.1) is 12.1 Å². The third-order valence-electron chi connectivity index (χ3n) is 3.95. The Hall–Kier alpha value is -1.06. The molecule has 0 bridgehead atoms. The fraction of sp³-hybridized carbons (Fsp3) is 0.538. The largest absolute Gasteiger partial charge is 0.385 e. The quantitative estimate of drug-likeness (QED) is 0.753. The van der Waals surface area contributed by atoms with E-state index in [9.17, 15) is 5.11 Å². The molecule has 0 saturated carbocycles. The molecule has 0 amide bonds. The molecule has 2 heterocycles. The summed E-state index contributed by atoms with van der Waals surface area (Å²) >= 11 is 0. The van der Waals surface area contributed by atoms with E-state index in [1.165, 1.54) is 5.56 Å². The second kappa shape index (κ2) is 3.47. The van der Waals surface area contributed by atoms with Crippen LogP contribution in [0.1, 0.15) is 18.9 Å². The molecule has 0 spiro atoms. The number of rotatable bonds is 1. The third kappa shape index (κ3) is 1.35. The summed E-state index contributed by atoms with van der Waals surface area (Å²) in [6.07, 6.45) is 1.53. The zero-order valence-electron chi connectivity index (χ0n) is 9.44. The van der Waals surface area contributed by atoms with Crippen molar-refractivity contribution in [2.24, 2.45) is 0 Å². The van der Waals surface area contributed by atoms with Gasteiger partial charge in [0.15, 0.2) is 0 Å². The van der Waals surface area contributed by atoms with Crippen molar-refractivity contribution in [3.63, 3.8) is 0 Å². The fourth-order valence-corrected chi connectivity index (χ4v) is 2.80. The summed E-state index contributed by atoms with van der Waals surface area (Å²) in [6, 6.07) is 8.34. The Balaban J connectivity index is 1.86. The van der Waals surface area contributed by atoms with E-state index in [2.05, 4.69) is 17.4 Å². The molecule has 2 aliphatic heterocycles. The van der Waals surface area contributed by atoms with Crippen LogP contribution in [-0.2, 0) is 11.2 Å². The molecule has 1 aromatic carbocycles. The van der Waals surface area contributed by atoms with Crippen molar-refractivity contribution in [2.45, 2.75) is 37.5 Å². The zero-order valence-corrected chi connectivity index (χ0v) is 9.44. The van der Waals surface area contributed by atoms with Crippen LogP contribution in [0.2, 0.25) is 0 Å². The molecule has 3 unspecified atom stereocenters. The Morgan fingerprint density at radius 2 is 2.25 bits per heavy atom. The SMILES string of the molecule is CC1OCCC1(O)C1Cc2ccccc2N1. The molecule has 1 saturated heterocycles. The molecule has 3 heteroatoms. The number of anilines is 1. The number of hydrogen-bond donors (Lipinski definition) is 2. The predicted molar refractivity (Wildman–Crippen MR) is 62.5 cm³/mol. The predicted octanol–water partition coefficient (Wildman–Crippen LogP) is 1.56. The van der Waals surface area contributed by atoms with Gasteiger partial charge in [-0.3, -0.25) is 0 Å². The maximum Gasteiger partial charge on any atom is 0.113 e. The van der Waals surface area contributed by atoms with Crippen LogP contribution in [0.15, 0.2) is 24.3 Å². The Morgan fingerprint density at radius 1 is 1.44 bits per heavy atom. The summed E-state index contributed by atoms with van der Waals surface area (Å²) in [5, 5.41) is 14.1. The third-order valence-corrected chi connectivity index (χ3v) is 3.95. The first-order chi connectivity index (χ1) is 7.70. The van der Waals surface area contributed by atoms with Gasteiger partial charge in [-0.05, 0) is 25.0 Å². The van der Waals surface area contributed by atoms with Crippen LogP contribution in [0.3, 0.4) is 0 Å². The van der Waals surface area contributed by atoms with E-state index in [-0.39, 0.29) is 12.1 Å².